The third-order valence-electron chi connectivity index (χ3n) is 5.50. The van der Waals surface area contributed by atoms with Crippen molar-refractivity contribution < 1.29 is 32.2 Å². The molecule has 4 aromatic rings. The van der Waals surface area contributed by atoms with Gasteiger partial charge in [0, 0.05) is 11.3 Å². The summed E-state index contributed by atoms with van der Waals surface area (Å²) >= 11 is 0. The number of benzene rings is 3. The van der Waals surface area contributed by atoms with Crippen molar-refractivity contribution >= 4 is 5.97 Å². The third kappa shape index (κ3) is 5.37. The van der Waals surface area contributed by atoms with Gasteiger partial charge in [-0.25, -0.2) is 4.39 Å². The van der Waals surface area contributed by atoms with Crippen LogP contribution in [0.5, 0.6) is 5.75 Å². The van der Waals surface area contributed by atoms with E-state index in [0.717, 1.165) is 23.8 Å². The van der Waals surface area contributed by atoms with Gasteiger partial charge in [0.2, 0.25) is 0 Å². The smallest absolute Gasteiger partial charge is 0.416 e. The van der Waals surface area contributed by atoms with Crippen molar-refractivity contribution in [2.75, 3.05) is 0 Å². The molecule has 0 aliphatic rings. The molecule has 0 radical (unpaired) electrons. The summed E-state index contributed by atoms with van der Waals surface area (Å²) in [7, 11) is 0. The van der Waals surface area contributed by atoms with E-state index >= 15 is 0 Å². The fourth-order valence-electron chi connectivity index (χ4n) is 3.85. The summed E-state index contributed by atoms with van der Waals surface area (Å²) in [5, 5.41) is 9.12. The predicted molar refractivity (Wildman–Crippen MR) is 123 cm³/mol. The van der Waals surface area contributed by atoms with Crippen LogP contribution < -0.4 is 4.74 Å². The van der Waals surface area contributed by atoms with Crippen LogP contribution in [0.15, 0.2) is 78.9 Å². The molecule has 0 amide bonds. The maximum atomic E-state index is 14.9. The first-order chi connectivity index (χ1) is 16.6. The largest absolute Gasteiger partial charge is 0.488 e. The fourth-order valence-corrected chi connectivity index (χ4v) is 3.85. The predicted octanol–water partition coefficient (Wildman–Crippen LogP) is 6.82. The first-order valence-corrected chi connectivity index (χ1v) is 10.7. The number of carboxylic acids is 1. The normalized spacial score (nSPS) is 11.5. The Morgan fingerprint density at radius 1 is 0.943 bits per heavy atom. The van der Waals surface area contributed by atoms with Gasteiger partial charge in [-0.05, 0) is 60.5 Å². The minimum Gasteiger partial charge on any atom is -0.488 e. The van der Waals surface area contributed by atoms with Gasteiger partial charge in [-0.15, -0.1) is 0 Å². The van der Waals surface area contributed by atoms with E-state index in [4.69, 9.17) is 9.84 Å². The topological polar surface area (TPSA) is 51.5 Å². The van der Waals surface area contributed by atoms with Crippen LogP contribution in [0.1, 0.15) is 22.4 Å². The van der Waals surface area contributed by atoms with Gasteiger partial charge in [0.05, 0.1) is 23.4 Å². The second-order valence-electron chi connectivity index (χ2n) is 8.03. The van der Waals surface area contributed by atoms with E-state index in [1.807, 2.05) is 30.3 Å². The summed E-state index contributed by atoms with van der Waals surface area (Å²) in [4.78, 5) is 11.1. The van der Waals surface area contributed by atoms with Crippen LogP contribution in [0.3, 0.4) is 0 Å². The first kappa shape index (κ1) is 24.1. The number of ether oxygens (including phenoxy) is 1. The molecule has 1 N–H and O–H groups in total. The summed E-state index contributed by atoms with van der Waals surface area (Å²) in [6.45, 7) is 1.81. The van der Waals surface area contributed by atoms with E-state index in [1.165, 1.54) is 22.8 Å². The highest BCUT2D eigenvalue weighted by atomic mass is 19.4. The van der Waals surface area contributed by atoms with Crippen molar-refractivity contribution in [2.45, 2.75) is 26.1 Å². The van der Waals surface area contributed by atoms with Gasteiger partial charge >= 0.3 is 12.1 Å². The van der Waals surface area contributed by atoms with Crippen LogP contribution in [-0.4, -0.2) is 15.6 Å². The Balaban J connectivity index is 1.85. The molecule has 1 heterocycles. The standard InChI is InChI=1S/C27H21F4NO3/c1-17-7-11-23(32(17)24-13-19(14-26(33)34)8-10-22(24)28)21-15-20(27(29,30)31)9-12-25(21)35-16-18-5-3-2-4-6-18/h2-13,15H,14,16H2,1H3,(H,33,34). The number of aliphatic carboxylic acids is 1. The van der Waals surface area contributed by atoms with Crippen molar-refractivity contribution in [3.63, 3.8) is 0 Å². The quantitative estimate of drug-likeness (QED) is 0.294. The summed E-state index contributed by atoms with van der Waals surface area (Å²) < 4.78 is 63.0. The first-order valence-electron chi connectivity index (χ1n) is 10.7. The summed E-state index contributed by atoms with van der Waals surface area (Å²) in [5.74, 6) is -1.52. The Morgan fingerprint density at radius 2 is 1.69 bits per heavy atom. The van der Waals surface area contributed by atoms with Crippen molar-refractivity contribution in [3.8, 4) is 22.7 Å². The molecule has 8 heteroatoms. The second-order valence-corrected chi connectivity index (χ2v) is 8.03. The van der Waals surface area contributed by atoms with Crippen LogP contribution in [0, 0.1) is 12.7 Å². The number of rotatable bonds is 7. The molecule has 0 saturated heterocycles. The maximum absolute atomic E-state index is 14.9. The number of aryl methyl sites for hydroxylation is 1. The van der Waals surface area contributed by atoms with Gasteiger partial charge in [-0.1, -0.05) is 36.4 Å². The number of halogens is 4. The van der Waals surface area contributed by atoms with E-state index in [0.29, 0.717) is 11.3 Å². The Labute approximate surface area is 199 Å². The fraction of sp³-hybridized carbons (Fsp3) is 0.148. The maximum Gasteiger partial charge on any atom is 0.416 e. The molecular weight excluding hydrogens is 462 g/mol. The van der Waals surface area contributed by atoms with E-state index < -0.39 is 23.5 Å². The molecule has 0 fully saturated rings. The van der Waals surface area contributed by atoms with Gasteiger partial charge < -0.3 is 14.4 Å². The molecule has 3 aromatic carbocycles. The number of aromatic nitrogens is 1. The molecular formula is C27H21F4NO3. The van der Waals surface area contributed by atoms with Crippen molar-refractivity contribution in [3.05, 3.63) is 107 Å². The minimum absolute atomic E-state index is 0.0349. The highest BCUT2D eigenvalue weighted by Gasteiger charge is 2.32. The Morgan fingerprint density at radius 3 is 2.37 bits per heavy atom. The summed E-state index contributed by atoms with van der Waals surface area (Å²) in [6, 6.07) is 19.5. The zero-order chi connectivity index (χ0) is 25.2. The molecule has 0 bridgehead atoms. The van der Waals surface area contributed by atoms with Gasteiger partial charge in [0.15, 0.2) is 0 Å². The van der Waals surface area contributed by atoms with Crippen LogP contribution >= 0.6 is 0 Å². The van der Waals surface area contributed by atoms with E-state index in [2.05, 4.69) is 0 Å². The minimum atomic E-state index is -4.59. The summed E-state index contributed by atoms with van der Waals surface area (Å²) in [6.07, 6.45) is -4.91. The molecule has 0 aliphatic carbocycles. The van der Waals surface area contributed by atoms with Crippen LogP contribution in [0.25, 0.3) is 16.9 Å². The van der Waals surface area contributed by atoms with E-state index in [-0.39, 0.29) is 35.7 Å². The molecule has 0 atom stereocenters. The lowest BCUT2D eigenvalue weighted by molar-refractivity contribution is -0.138. The Kier molecular flexibility index (Phi) is 6.64. The number of carbonyl (C=O) groups is 1. The number of nitrogens with zero attached hydrogens (tertiary/aromatic N) is 1. The molecule has 0 saturated carbocycles. The lowest BCUT2D eigenvalue weighted by atomic mass is 10.1. The Hall–Kier alpha value is -4.07. The van der Waals surface area contributed by atoms with Crippen LogP contribution in [0.2, 0.25) is 0 Å². The van der Waals surface area contributed by atoms with Crippen LogP contribution in [0.4, 0.5) is 17.6 Å². The average molecular weight is 483 g/mol. The molecule has 0 unspecified atom stereocenters. The van der Waals surface area contributed by atoms with Crippen molar-refractivity contribution in [1.29, 1.82) is 0 Å². The third-order valence-corrected chi connectivity index (χ3v) is 5.50. The lowest BCUT2D eigenvalue weighted by Gasteiger charge is -2.18. The van der Waals surface area contributed by atoms with Gasteiger partial charge in [-0.2, -0.15) is 13.2 Å². The molecule has 4 rings (SSSR count). The molecule has 0 aliphatic heterocycles. The van der Waals surface area contributed by atoms with Crippen molar-refractivity contribution in [2.24, 2.45) is 0 Å². The van der Waals surface area contributed by atoms with Gasteiger partial charge in [0.25, 0.3) is 0 Å². The highest BCUT2D eigenvalue weighted by molar-refractivity contribution is 5.73. The lowest BCUT2D eigenvalue weighted by Crippen LogP contribution is -2.08. The monoisotopic (exact) mass is 483 g/mol. The highest BCUT2D eigenvalue weighted by Crippen LogP contribution is 2.39. The number of hydrogen-bond acceptors (Lipinski definition) is 2. The van der Waals surface area contributed by atoms with Gasteiger partial charge in [-0.3, -0.25) is 4.79 Å². The molecule has 4 nitrogen and oxygen atoms in total. The molecule has 180 valence electrons. The van der Waals surface area contributed by atoms with Crippen LogP contribution in [-0.2, 0) is 24.0 Å². The second kappa shape index (κ2) is 9.66. The number of hydrogen-bond donors (Lipinski definition) is 1. The van der Waals surface area contributed by atoms with E-state index in [1.54, 1.807) is 19.1 Å². The molecule has 0 spiro atoms. The zero-order valence-corrected chi connectivity index (χ0v) is 18.6. The number of carboxylic acid groups (broad SMARTS) is 1. The SMILES string of the molecule is Cc1ccc(-c2cc(C(F)(F)F)ccc2OCc2ccccc2)n1-c1cc(CC(=O)O)ccc1F. The molecule has 1 aromatic heterocycles. The average Bonchev–Trinajstić information content (AvgIpc) is 3.19. The van der Waals surface area contributed by atoms with E-state index in [9.17, 15) is 22.4 Å². The zero-order valence-electron chi connectivity index (χ0n) is 18.6. The Bertz CT molecular complexity index is 1360. The molecule has 35 heavy (non-hydrogen) atoms. The summed E-state index contributed by atoms with van der Waals surface area (Å²) in [5.41, 5.74) is 1.32. The van der Waals surface area contributed by atoms with Crippen molar-refractivity contribution in [1.82, 2.24) is 4.57 Å². The number of alkyl halides is 3. The van der Waals surface area contributed by atoms with Gasteiger partial charge in [0.1, 0.15) is 18.2 Å².